The molecule has 0 unspecified atom stereocenters. The van der Waals surface area contributed by atoms with Gasteiger partial charge in [0.05, 0.1) is 18.2 Å². The van der Waals surface area contributed by atoms with Gasteiger partial charge in [-0.15, -0.1) is 0 Å². The van der Waals surface area contributed by atoms with Crippen molar-refractivity contribution in [1.82, 2.24) is 10.1 Å². The van der Waals surface area contributed by atoms with Crippen molar-refractivity contribution in [3.63, 3.8) is 0 Å². The second kappa shape index (κ2) is 9.78. The van der Waals surface area contributed by atoms with Gasteiger partial charge in [0.25, 0.3) is 5.89 Å². The number of hydrogen-bond donors (Lipinski definition) is 0. The zero-order valence-electron chi connectivity index (χ0n) is 18.2. The summed E-state index contributed by atoms with van der Waals surface area (Å²) < 4.78 is 20.3. The molecule has 0 amide bonds. The highest BCUT2D eigenvalue weighted by Crippen LogP contribution is 2.25. The zero-order valence-corrected chi connectivity index (χ0v) is 18.2. The van der Waals surface area contributed by atoms with Crippen LogP contribution in [0.5, 0.6) is 11.5 Å². The van der Waals surface area contributed by atoms with E-state index in [2.05, 4.69) is 14.9 Å². The Hall–Kier alpha value is -4.79. The number of methoxy groups -OCH3 is 1. The Morgan fingerprint density at radius 1 is 0.706 bits per heavy atom. The van der Waals surface area contributed by atoms with Crippen LogP contribution in [0.1, 0.15) is 27.6 Å². The molecule has 3 aromatic carbocycles. The molecule has 0 fully saturated rings. The molecule has 1 heterocycles. The van der Waals surface area contributed by atoms with Crippen LogP contribution in [0.25, 0.3) is 22.8 Å². The average molecular weight is 458 g/mol. The van der Waals surface area contributed by atoms with Crippen molar-refractivity contribution >= 4 is 17.9 Å². The fourth-order valence-electron chi connectivity index (χ4n) is 2.99. The van der Waals surface area contributed by atoms with E-state index in [0.29, 0.717) is 45.5 Å². The summed E-state index contributed by atoms with van der Waals surface area (Å²) in [6.45, 7) is 1.30. The van der Waals surface area contributed by atoms with Crippen LogP contribution in [0, 0.1) is 0 Å². The molecule has 4 aromatic rings. The number of ether oxygens (including phenoxy) is 3. The molecule has 170 valence electrons. The van der Waals surface area contributed by atoms with Crippen LogP contribution < -0.4 is 9.47 Å². The molecule has 0 saturated carbocycles. The first-order valence-corrected chi connectivity index (χ1v) is 10.1. The van der Waals surface area contributed by atoms with Gasteiger partial charge < -0.3 is 18.7 Å². The number of benzene rings is 3. The Bertz CT molecular complexity index is 1330. The van der Waals surface area contributed by atoms with Crippen molar-refractivity contribution in [2.45, 2.75) is 6.92 Å². The lowest BCUT2D eigenvalue weighted by atomic mass is 10.1. The third-order valence-electron chi connectivity index (χ3n) is 4.65. The minimum atomic E-state index is -0.556. The fraction of sp³-hybridized carbons (Fsp3) is 0.0800. The molecule has 34 heavy (non-hydrogen) atoms. The molecule has 0 atom stereocenters. The van der Waals surface area contributed by atoms with Crippen molar-refractivity contribution < 1.29 is 33.1 Å². The van der Waals surface area contributed by atoms with Crippen LogP contribution in [0.3, 0.4) is 0 Å². The third-order valence-corrected chi connectivity index (χ3v) is 4.65. The minimum absolute atomic E-state index is 0.291. The molecule has 0 aliphatic rings. The van der Waals surface area contributed by atoms with Crippen LogP contribution in [0.4, 0.5) is 0 Å². The van der Waals surface area contributed by atoms with Gasteiger partial charge in [-0.2, -0.15) is 4.98 Å². The van der Waals surface area contributed by atoms with E-state index in [1.165, 1.54) is 38.3 Å². The first-order chi connectivity index (χ1) is 16.4. The molecule has 0 radical (unpaired) electrons. The fourth-order valence-corrected chi connectivity index (χ4v) is 2.99. The molecule has 0 aliphatic heterocycles. The van der Waals surface area contributed by atoms with E-state index in [4.69, 9.17) is 14.0 Å². The smallest absolute Gasteiger partial charge is 0.343 e. The summed E-state index contributed by atoms with van der Waals surface area (Å²) in [7, 11) is 1.32. The van der Waals surface area contributed by atoms with Crippen LogP contribution in [0.2, 0.25) is 0 Å². The van der Waals surface area contributed by atoms with Crippen LogP contribution in [0.15, 0.2) is 77.3 Å². The number of nitrogens with zero attached hydrogens (tertiary/aromatic N) is 2. The number of esters is 3. The maximum atomic E-state index is 12.3. The average Bonchev–Trinajstić information content (AvgIpc) is 3.34. The Balaban J connectivity index is 1.42. The van der Waals surface area contributed by atoms with Gasteiger partial charge in [0, 0.05) is 18.1 Å². The molecule has 0 spiro atoms. The monoisotopic (exact) mass is 458 g/mol. The highest BCUT2D eigenvalue weighted by molar-refractivity contribution is 5.91. The summed E-state index contributed by atoms with van der Waals surface area (Å²) >= 11 is 0. The van der Waals surface area contributed by atoms with Gasteiger partial charge in [-0.05, 0) is 72.8 Å². The second-order valence-electron chi connectivity index (χ2n) is 7.02. The lowest BCUT2D eigenvalue weighted by Gasteiger charge is -2.06. The van der Waals surface area contributed by atoms with Gasteiger partial charge in [-0.1, -0.05) is 5.16 Å². The summed E-state index contributed by atoms with van der Waals surface area (Å²) in [5, 5.41) is 3.98. The van der Waals surface area contributed by atoms with Gasteiger partial charge in [-0.3, -0.25) is 4.79 Å². The summed E-state index contributed by atoms with van der Waals surface area (Å²) in [5.74, 6) is -0.116. The lowest BCUT2D eigenvalue weighted by Crippen LogP contribution is -2.08. The van der Waals surface area contributed by atoms with Crippen molar-refractivity contribution in [3.05, 3.63) is 83.9 Å². The Kier molecular flexibility index (Phi) is 6.45. The number of carbonyl (C=O) groups is 3. The molecule has 0 N–H and O–H groups in total. The number of aromatic nitrogens is 2. The minimum Gasteiger partial charge on any atom is -0.465 e. The molecule has 0 bridgehead atoms. The first kappa shape index (κ1) is 22.4. The van der Waals surface area contributed by atoms with Crippen LogP contribution >= 0.6 is 0 Å². The normalized spacial score (nSPS) is 10.4. The summed E-state index contributed by atoms with van der Waals surface area (Å²) in [6, 6.07) is 19.2. The van der Waals surface area contributed by atoms with Gasteiger partial charge in [-0.25, -0.2) is 9.59 Å². The molecule has 9 nitrogen and oxygen atoms in total. The Labute approximate surface area is 193 Å². The third kappa shape index (κ3) is 5.16. The standard InChI is InChI=1S/C25H18N2O7/c1-15(28)32-20-13-9-19(10-14-20)25(30)33-21-11-7-16(8-12-21)22-26-23(34-27-22)17-3-5-18(6-4-17)24(29)31-2/h3-14H,1-2H3. The van der Waals surface area contributed by atoms with E-state index in [1.54, 1.807) is 48.5 Å². The van der Waals surface area contributed by atoms with Crippen LogP contribution in [-0.2, 0) is 9.53 Å². The van der Waals surface area contributed by atoms with E-state index >= 15 is 0 Å². The first-order valence-electron chi connectivity index (χ1n) is 10.1. The maximum absolute atomic E-state index is 12.3. The number of carbonyl (C=O) groups excluding carboxylic acids is 3. The van der Waals surface area contributed by atoms with Crippen molar-refractivity contribution in [3.8, 4) is 34.3 Å². The molecule has 1 aromatic heterocycles. The summed E-state index contributed by atoms with van der Waals surface area (Å²) in [5.41, 5.74) is 2.03. The highest BCUT2D eigenvalue weighted by atomic mass is 16.5. The quantitative estimate of drug-likeness (QED) is 0.307. The molecule has 0 aliphatic carbocycles. The van der Waals surface area contributed by atoms with Gasteiger partial charge in [0.15, 0.2) is 0 Å². The molecule has 4 rings (SSSR count). The van der Waals surface area contributed by atoms with Gasteiger partial charge in [0.2, 0.25) is 5.82 Å². The van der Waals surface area contributed by atoms with Crippen molar-refractivity contribution in [2.24, 2.45) is 0 Å². The predicted molar refractivity (Wildman–Crippen MR) is 119 cm³/mol. The number of rotatable bonds is 6. The summed E-state index contributed by atoms with van der Waals surface area (Å²) in [4.78, 5) is 39.3. The lowest BCUT2D eigenvalue weighted by molar-refractivity contribution is -0.131. The summed E-state index contributed by atoms with van der Waals surface area (Å²) in [6.07, 6.45) is 0. The van der Waals surface area contributed by atoms with Crippen molar-refractivity contribution in [2.75, 3.05) is 7.11 Å². The van der Waals surface area contributed by atoms with Crippen LogP contribution in [-0.4, -0.2) is 35.2 Å². The molecular formula is C25H18N2O7. The maximum Gasteiger partial charge on any atom is 0.343 e. The van der Waals surface area contributed by atoms with E-state index in [0.717, 1.165) is 0 Å². The Morgan fingerprint density at radius 3 is 1.85 bits per heavy atom. The largest absolute Gasteiger partial charge is 0.465 e. The SMILES string of the molecule is COC(=O)c1ccc(-c2nc(-c3ccc(OC(=O)c4ccc(OC(C)=O)cc4)cc3)no2)cc1. The molecular weight excluding hydrogens is 440 g/mol. The second-order valence-corrected chi connectivity index (χ2v) is 7.02. The van der Waals surface area contributed by atoms with E-state index in [-0.39, 0.29) is 0 Å². The number of hydrogen-bond acceptors (Lipinski definition) is 9. The van der Waals surface area contributed by atoms with E-state index in [9.17, 15) is 14.4 Å². The zero-order chi connectivity index (χ0) is 24.1. The van der Waals surface area contributed by atoms with Crippen molar-refractivity contribution in [1.29, 1.82) is 0 Å². The predicted octanol–water partition coefficient (Wildman–Crippen LogP) is 4.33. The highest BCUT2D eigenvalue weighted by Gasteiger charge is 2.14. The molecule has 9 heteroatoms. The van der Waals surface area contributed by atoms with Gasteiger partial charge >= 0.3 is 17.9 Å². The van der Waals surface area contributed by atoms with E-state index in [1.807, 2.05) is 0 Å². The molecule has 0 saturated heterocycles. The Morgan fingerprint density at radius 2 is 1.24 bits per heavy atom. The topological polar surface area (TPSA) is 118 Å². The van der Waals surface area contributed by atoms with E-state index < -0.39 is 17.9 Å². The van der Waals surface area contributed by atoms with Gasteiger partial charge in [0.1, 0.15) is 11.5 Å².